The lowest BCUT2D eigenvalue weighted by molar-refractivity contribution is -0.129. The largest absolute Gasteiger partial charge is 0.353 e. The van der Waals surface area contributed by atoms with E-state index >= 15 is 0 Å². The first-order valence-corrected chi connectivity index (χ1v) is 14.1. The Morgan fingerprint density at radius 1 is 1.25 bits per heavy atom. The summed E-state index contributed by atoms with van der Waals surface area (Å²) in [7, 11) is 0. The van der Waals surface area contributed by atoms with Gasteiger partial charge >= 0.3 is 0 Å². The summed E-state index contributed by atoms with van der Waals surface area (Å²) in [5.41, 5.74) is 1.49. The third kappa shape index (κ3) is 8.22. The fourth-order valence-electron chi connectivity index (χ4n) is 4.70. The number of halogens is 1. The SMILES string of the molecule is C=C(CN1CCCC1)C(=O)CC[C@@H](NC(=O)[C@@H](CC(C)=O)Cc1nc2ccc(Cl)cc2s1)[C@@H](C)CC. The van der Waals surface area contributed by atoms with Crippen molar-refractivity contribution in [3.05, 3.63) is 40.4 Å². The van der Waals surface area contributed by atoms with E-state index in [9.17, 15) is 14.4 Å². The van der Waals surface area contributed by atoms with Crippen molar-refractivity contribution in [1.29, 1.82) is 0 Å². The first-order valence-electron chi connectivity index (χ1n) is 12.9. The summed E-state index contributed by atoms with van der Waals surface area (Å²) in [4.78, 5) is 45.1. The second kappa shape index (κ2) is 13.5. The minimum absolute atomic E-state index is 0.0345. The number of amides is 1. The molecule has 3 rings (SSSR count). The van der Waals surface area contributed by atoms with Gasteiger partial charge in [0.25, 0.3) is 0 Å². The highest BCUT2D eigenvalue weighted by molar-refractivity contribution is 7.18. The summed E-state index contributed by atoms with van der Waals surface area (Å²) in [5, 5.41) is 4.63. The van der Waals surface area contributed by atoms with E-state index in [1.807, 2.05) is 12.1 Å². The average molecular weight is 532 g/mol. The third-order valence-electron chi connectivity index (χ3n) is 7.07. The summed E-state index contributed by atoms with van der Waals surface area (Å²) in [6.45, 7) is 12.4. The van der Waals surface area contributed by atoms with Crippen molar-refractivity contribution < 1.29 is 14.4 Å². The van der Waals surface area contributed by atoms with Gasteiger partial charge in [-0.05, 0) is 63.4 Å². The summed E-state index contributed by atoms with van der Waals surface area (Å²) in [6, 6.07) is 5.39. The lowest BCUT2D eigenvalue weighted by Gasteiger charge is -2.27. The molecule has 1 fully saturated rings. The van der Waals surface area contributed by atoms with E-state index in [1.54, 1.807) is 6.07 Å². The van der Waals surface area contributed by atoms with Crippen molar-refractivity contribution in [3.63, 3.8) is 0 Å². The Kier molecular flexibility index (Phi) is 10.6. The fraction of sp³-hybridized carbons (Fsp3) is 0.571. The van der Waals surface area contributed by atoms with Crippen molar-refractivity contribution in [2.75, 3.05) is 19.6 Å². The molecular formula is C28H38ClN3O3S. The van der Waals surface area contributed by atoms with Crippen LogP contribution in [0.3, 0.4) is 0 Å². The van der Waals surface area contributed by atoms with E-state index in [4.69, 9.17) is 11.6 Å². The van der Waals surface area contributed by atoms with E-state index < -0.39 is 5.92 Å². The van der Waals surface area contributed by atoms with Crippen LogP contribution in [0.4, 0.5) is 0 Å². The number of Topliss-reactive ketones (excluding diaryl/α,β-unsaturated/α-hetero) is 2. The Hall–Kier alpha value is -2.09. The Bertz CT molecular complexity index is 1090. The zero-order valence-corrected chi connectivity index (χ0v) is 23.2. The van der Waals surface area contributed by atoms with Gasteiger partial charge in [-0.25, -0.2) is 4.98 Å². The maximum absolute atomic E-state index is 13.4. The topological polar surface area (TPSA) is 79.4 Å². The number of fused-ring (bicyclic) bond motifs is 1. The monoisotopic (exact) mass is 531 g/mol. The van der Waals surface area contributed by atoms with Gasteiger partial charge in [-0.15, -0.1) is 11.3 Å². The van der Waals surface area contributed by atoms with Crippen LogP contribution in [0.15, 0.2) is 30.4 Å². The number of rotatable bonds is 14. The van der Waals surface area contributed by atoms with Gasteiger partial charge in [-0.2, -0.15) is 0 Å². The predicted molar refractivity (Wildman–Crippen MR) is 148 cm³/mol. The van der Waals surface area contributed by atoms with Crippen LogP contribution in [-0.4, -0.2) is 53.0 Å². The molecule has 0 aliphatic carbocycles. The predicted octanol–water partition coefficient (Wildman–Crippen LogP) is 5.62. The zero-order valence-electron chi connectivity index (χ0n) is 21.6. The number of nitrogens with zero attached hydrogens (tertiary/aromatic N) is 2. The molecule has 0 bridgehead atoms. The van der Waals surface area contributed by atoms with Crippen LogP contribution in [0, 0.1) is 11.8 Å². The molecule has 1 N–H and O–H groups in total. The van der Waals surface area contributed by atoms with E-state index in [0.717, 1.165) is 34.7 Å². The molecule has 2 aromatic rings. The van der Waals surface area contributed by atoms with Gasteiger partial charge in [-0.1, -0.05) is 38.4 Å². The standard InChI is InChI=1S/C28H38ClN3O3S/c1-5-18(2)23(10-11-25(34)19(3)17-32-12-6-7-13-32)31-28(35)21(14-20(4)33)15-27-30-24-9-8-22(29)16-26(24)36-27/h8-9,16,18,21,23H,3,5-7,10-15,17H2,1-2,4H3,(H,31,35)/t18-,21-,23+/m0/s1. The molecule has 0 unspecified atom stereocenters. The molecule has 0 radical (unpaired) electrons. The Labute approximate surface area is 223 Å². The fourth-order valence-corrected chi connectivity index (χ4v) is 6.02. The lowest BCUT2D eigenvalue weighted by Crippen LogP contribution is -2.43. The molecule has 1 amide bonds. The van der Waals surface area contributed by atoms with Crippen LogP contribution in [-0.2, 0) is 20.8 Å². The molecule has 1 aromatic heterocycles. The molecule has 1 saturated heterocycles. The van der Waals surface area contributed by atoms with Crippen LogP contribution in [0.5, 0.6) is 0 Å². The number of nitrogens with one attached hydrogen (secondary N) is 1. The van der Waals surface area contributed by atoms with Crippen LogP contribution < -0.4 is 5.32 Å². The molecule has 1 aromatic carbocycles. The summed E-state index contributed by atoms with van der Waals surface area (Å²) in [6.07, 6.45) is 4.70. The van der Waals surface area contributed by atoms with E-state index in [-0.39, 0.29) is 35.9 Å². The van der Waals surface area contributed by atoms with Crippen LogP contribution in [0.2, 0.25) is 5.02 Å². The van der Waals surface area contributed by atoms with Crippen LogP contribution >= 0.6 is 22.9 Å². The number of ketones is 2. The van der Waals surface area contributed by atoms with Crippen LogP contribution in [0.1, 0.15) is 64.3 Å². The number of thiazole rings is 1. The molecule has 8 heteroatoms. The lowest BCUT2D eigenvalue weighted by atomic mass is 9.91. The molecule has 36 heavy (non-hydrogen) atoms. The summed E-state index contributed by atoms with van der Waals surface area (Å²) >= 11 is 7.60. The van der Waals surface area contributed by atoms with Crippen molar-refractivity contribution in [1.82, 2.24) is 15.2 Å². The van der Waals surface area contributed by atoms with Crippen molar-refractivity contribution in [3.8, 4) is 0 Å². The van der Waals surface area contributed by atoms with Crippen molar-refractivity contribution in [2.45, 2.75) is 71.8 Å². The van der Waals surface area contributed by atoms with E-state index in [2.05, 4.69) is 35.6 Å². The first kappa shape index (κ1) is 28.5. The Morgan fingerprint density at radius 2 is 1.97 bits per heavy atom. The second-order valence-corrected chi connectivity index (χ2v) is 11.6. The molecule has 0 spiro atoms. The van der Waals surface area contributed by atoms with Gasteiger partial charge < -0.3 is 10.1 Å². The minimum atomic E-state index is -0.508. The van der Waals surface area contributed by atoms with Gasteiger partial charge in [0.1, 0.15) is 5.78 Å². The molecule has 1 aliphatic heterocycles. The first-order chi connectivity index (χ1) is 17.2. The normalized spacial score (nSPS) is 16.6. The quantitative estimate of drug-likeness (QED) is 0.320. The average Bonchev–Trinajstić information content (AvgIpc) is 3.49. The number of aromatic nitrogens is 1. The Balaban J connectivity index is 1.64. The highest BCUT2D eigenvalue weighted by Crippen LogP contribution is 2.28. The molecule has 3 atom stereocenters. The zero-order chi connectivity index (χ0) is 26.2. The maximum atomic E-state index is 13.4. The number of hydrogen-bond donors (Lipinski definition) is 1. The van der Waals surface area contributed by atoms with Crippen molar-refractivity contribution in [2.24, 2.45) is 11.8 Å². The Morgan fingerprint density at radius 3 is 2.64 bits per heavy atom. The second-order valence-electron chi connectivity index (χ2n) is 10.1. The smallest absolute Gasteiger partial charge is 0.224 e. The van der Waals surface area contributed by atoms with Gasteiger partial charge in [-0.3, -0.25) is 14.5 Å². The summed E-state index contributed by atoms with van der Waals surface area (Å²) < 4.78 is 0.963. The minimum Gasteiger partial charge on any atom is -0.353 e. The summed E-state index contributed by atoms with van der Waals surface area (Å²) in [5.74, 6) is -0.427. The number of carbonyl (C=O) groups excluding carboxylic acids is 3. The number of carbonyl (C=O) groups is 3. The maximum Gasteiger partial charge on any atom is 0.224 e. The van der Waals surface area contributed by atoms with E-state index in [0.29, 0.717) is 36.4 Å². The molecule has 2 heterocycles. The number of hydrogen-bond acceptors (Lipinski definition) is 6. The molecule has 0 saturated carbocycles. The molecular weight excluding hydrogens is 494 g/mol. The van der Waals surface area contributed by atoms with Gasteiger partial charge in [0, 0.05) is 42.4 Å². The van der Waals surface area contributed by atoms with E-state index in [1.165, 1.54) is 31.1 Å². The third-order valence-corrected chi connectivity index (χ3v) is 8.34. The highest BCUT2D eigenvalue weighted by Gasteiger charge is 2.27. The van der Waals surface area contributed by atoms with Gasteiger partial charge in [0.15, 0.2) is 5.78 Å². The molecule has 196 valence electrons. The molecule has 6 nitrogen and oxygen atoms in total. The van der Waals surface area contributed by atoms with Crippen molar-refractivity contribution >= 4 is 50.6 Å². The van der Waals surface area contributed by atoms with Crippen LogP contribution in [0.25, 0.3) is 10.2 Å². The number of benzene rings is 1. The highest BCUT2D eigenvalue weighted by atomic mass is 35.5. The number of likely N-dealkylation sites (tertiary alicyclic amines) is 1. The van der Waals surface area contributed by atoms with Gasteiger partial charge in [0.2, 0.25) is 5.91 Å². The molecule has 1 aliphatic rings. The van der Waals surface area contributed by atoms with Gasteiger partial charge in [0.05, 0.1) is 21.1 Å².